The Bertz CT molecular complexity index is 437. The van der Waals surface area contributed by atoms with Gasteiger partial charge in [-0.2, -0.15) is 0 Å². The van der Waals surface area contributed by atoms with Crippen LogP contribution >= 0.6 is 11.6 Å². The van der Waals surface area contributed by atoms with Gasteiger partial charge < -0.3 is 10.1 Å². The highest BCUT2D eigenvalue weighted by atomic mass is 35.5. The Morgan fingerprint density at radius 3 is 2.78 bits per heavy atom. The normalized spacial score (nSPS) is 24.7. The number of ether oxygens (including phenoxy) is 1. The molecular formula is C15H20ClNO. The highest BCUT2D eigenvalue weighted by molar-refractivity contribution is 6.30. The van der Waals surface area contributed by atoms with Gasteiger partial charge in [0.2, 0.25) is 0 Å². The third-order valence-corrected chi connectivity index (χ3v) is 4.75. The Hall–Kier alpha value is -0.570. The van der Waals surface area contributed by atoms with Gasteiger partial charge in [0.05, 0.1) is 5.60 Å². The van der Waals surface area contributed by atoms with E-state index in [4.69, 9.17) is 16.3 Å². The summed E-state index contributed by atoms with van der Waals surface area (Å²) >= 11 is 6.03. The Kier molecular flexibility index (Phi) is 3.35. The van der Waals surface area contributed by atoms with Crippen LogP contribution in [0.5, 0.6) is 0 Å². The summed E-state index contributed by atoms with van der Waals surface area (Å²) in [6, 6.07) is 6.81. The van der Waals surface area contributed by atoms with Crippen molar-refractivity contribution in [3.05, 3.63) is 34.3 Å². The second kappa shape index (κ2) is 4.84. The Morgan fingerprint density at radius 1 is 1.33 bits per heavy atom. The minimum atomic E-state index is 0.117. The fraction of sp³-hybridized carbons (Fsp3) is 0.600. The fourth-order valence-corrected chi connectivity index (χ4v) is 3.28. The van der Waals surface area contributed by atoms with Crippen LogP contribution in [-0.2, 0) is 17.6 Å². The number of methoxy groups -OCH3 is 1. The summed E-state index contributed by atoms with van der Waals surface area (Å²) in [5, 5.41) is 4.52. The van der Waals surface area contributed by atoms with Crippen molar-refractivity contribution in [2.45, 2.75) is 43.7 Å². The summed E-state index contributed by atoms with van der Waals surface area (Å²) in [5.74, 6) is 0. The number of halogens is 1. The van der Waals surface area contributed by atoms with Crippen molar-refractivity contribution in [2.24, 2.45) is 0 Å². The zero-order valence-corrected chi connectivity index (χ0v) is 11.6. The third-order valence-electron chi connectivity index (χ3n) is 4.51. The lowest BCUT2D eigenvalue weighted by Crippen LogP contribution is -2.50. The summed E-state index contributed by atoms with van der Waals surface area (Å²) in [4.78, 5) is 0. The van der Waals surface area contributed by atoms with Crippen molar-refractivity contribution in [1.29, 1.82) is 0 Å². The molecule has 1 saturated carbocycles. The number of fused-ring (bicyclic) bond motifs is 1. The number of nitrogens with one attached hydrogen (secondary N) is 1. The Labute approximate surface area is 114 Å². The maximum Gasteiger partial charge on any atom is 0.0802 e. The number of rotatable bonds is 4. The molecule has 0 bridgehead atoms. The predicted molar refractivity (Wildman–Crippen MR) is 74.2 cm³/mol. The molecule has 98 valence electrons. The molecular weight excluding hydrogens is 246 g/mol. The van der Waals surface area contributed by atoms with Crippen LogP contribution in [0.4, 0.5) is 0 Å². The van der Waals surface area contributed by atoms with Gasteiger partial charge in [-0.25, -0.2) is 0 Å². The van der Waals surface area contributed by atoms with Crippen LogP contribution in [0.15, 0.2) is 18.2 Å². The zero-order chi connectivity index (χ0) is 12.6. The molecule has 0 aliphatic heterocycles. The van der Waals surface area contributed by atoms with E-state index < -0.39 is 0 Å². The van der Waals surface area contributed by atoms with E-state index in [2.05, 4.69) is 17.4 Å². The molecule has 2 nitrogen and oxygen atoms in total. The zero-order valence-electron chi connectivity index (χ0n) is 10.8. The average molecular weight is 266 g/mol. The van der Waals surface area contributed by atoms with Gasteiger partial charge in [0, 0.05) is 24.7 Å². The number of hydrogen-bond donors (Lipinski definition) is 1. The maximum absolute atomic E-state index is 6.03. The molecule has 2 aliphatic carbocycles. The van der Waals surface area contributed by atoms with Gasteiger partial charge >= 0.3 is 0 Å². The molecule has 1 atom stereocenters. The number of benzene rings is 1. The molecule has 0 radical (unpaired) electrons. The highest BCUT2D eigenvalue weighted by Gasteiger charge is 2.37. The van der Waals surface area contributed by atoms with Crippen LogP contribution in [-0.4, -0.2) is 25.3 Å². The molecule has 3 heteroatoms. The molecule has 1 unspecified atom stereocenters. The molecule has 1 fully saturated rings. The van der Waals surface area contributed by atoms with Crippen molar-refractivity contribution >= 4 is 11.6 Å². The molecule has 0 saturated heterocycles. The lowest BCUT2D eigenvalue weighted by atomic mass is 9.80. The lowest BCUT2D eigenvalue weighted by Gasteiger charge is -2.41. The van der Waals surface area contributed by atoms with Gasteiger partial charge in [-0.05, 0) is 55.4 Å². The van der Waals surface area contributed by atoms with Crippen LogP contribution in [0.3, 0.4) is 0 Å². The van der Waals surface area contributed by atoms with Gasteiger partial charge in [0.25, 0.3) is 0 Å². The van der Waals surface area contributed by atoms with Gasteiger partial charge in [-0.3, -0.25) is 0 Å². The van der Waals surface area contributed by atoms with Gasteiger partial charge in [-0.1, -0.05) is 17.7 Å². The van der Waals surface area contributed by atoms with Gasteiger partial charge in [-0.15, -0.1) is 0 Å². The summed E-state index contributed by atoms with van der Waals surface area (Å²) in [5.41, 5.74) is 2.96. The van der Waals surface area contributed by atoms with E-state index in [-0.39, 0.29) is 5.60 Å². The van der Waals surface area contributed by atoms with E-state index in [1.165, 1.54) is 30.4 Å². The quantitative estimate of drug-likeness (QED) is 0.904. The van der Waals surface area contributed by atoms with Crippen LogP contribution in [0.2, 0.25) is 5.02 Å². The van der Waals surface area contributed by atoms with E-state index in [0.717, 1.165) is 24.4 Å². The molecule has 0 heterocycles. The van der Waals surface area contributed by atoms with E-state index >= 15 is 0 Å². The minimum absolute atomic E-state index is 0.117. The van der Waals surface area contributed by atoms with E-state index in [1.54, 1.807) is 0 Å². The molecule has 2 aliphatic rings. The summed E-state index contributed by atoms with van der Waals surface area (Å²) < 4.78 is 5.65. The number of hydrogen-bond acceptors (Lipinski definition) is 2. The van der Waals surface area contributed by atoms with Crippen molar-refractivity contribution in [2.75, 3.05) is 13.7 Å². The first kappa shape index (κ1) is 12.5. The lowest BCUT2D eigenvalue weighted by molar-refractivity contribution is -0.0707. The summed E-state index contributed by atoms with van der Waals surface area (Å²) in [7, 11) is 1.84. The summed E-state index contributed by atoms with van der Waals surface area (Å²) in [6.45, 7) is 0.982. The van der Waals surface area contributed by atoms with E-state index in [9.17, 15) is 0 Å². The van der Waals surface area contributed by atoms with E-state index in [1.807, 2.05) is 13.2 Å². The molecule has 0 amide bonds. The molecule has 18 heavy (non-hydrogen) atoms. The van der Waals surface area contributed by atoms with Gasteiger partial charge in [0.15, 0.2) is 0 Å². The maximum atomic E-state index is 6.03. The first-order valence-corrected chi connectivity index (χ1v) is 7.14. The second-order valence-corrected chi connectivity index (χ2v) is 6.08. The minimum Gasteiger partial charge on any atom is -0.377 e. The molecule has 1 N–H and O–H groups in total. The summed E-state index contributed by atoms with van der Waals surface area (Å²) in [6.07, 6.45) is 5.90. The standard InChI is InChI=1S/C15H20ClNO/c1-18-15(5-2-6-15)10-17-14-8-11-3-4-13(16)7-12(11)9-14/h3-4,7,14,17H,2,5-6,8-10H2,1H3. The van der Waals surface area contributed by atoms with Crippen molar-refractivity contribution in [3.63, 3.8) is 0 Å². The average Bonchev–Trinajstić information content (AvgIpc) is 2.70. The molecule has 1 aromatic rings. The smallest absolute Gasteiger partial charge is 0.0802 e. The van der Waals surface area contributed by atoms with Crippen LogP contribution in [0.25, 0.3) is 0 Å². The van der Waals surface area contributed by atoms with Gasteiger partial charge in [0.1, 0.15) is 0 Å². The topological polar surface area (TPSA) is 21.3 Å². The third kappa shape index (κ3) is 2.29. The second-order valence-electron chi connectivity index (χ2n) is 5.64. The highest BCUT2D eigenvalue weighted by Crippen LogP contribution is 2.35. The predicted octanol–water partition coefficient (Wildman–Crippen LogP) is 2.97. The first-order chi connectivity index (χ1) is 8.71. The van der Waals surface area contributed by atoms with Crippen molar-refractivity contribution in [1.82, 2.24) is 5.32 Å². The SMILES string of the molecule is COC1(CNC2Cc3ccc(Cl)cc3C2)CCC1. The molecule has 0 spiro atoms. The van der Waals surface area contributed by atoms with Crippen LogP contribution < -0.4 is 5.32 Å². The molecule has 3 rings (SSSR count). The van der Waals surface area contributed by atoms with Crippen LogP contribution in [0.1, 0.15) is 30.4 Å². The largest absolute Gasteiger partial charge is 0.377 e. The monoisotopic (exact) mass is 265 g/mol. The molecule has 0 aromatic heterocycles. The fourth-order valence-electron chi connectivity index (χ4n) is 3.09. The van der Waals surface area contributed by atoms with E-state index in [0.29, 0.717) is 6.04 Å². The Balaban J connectivity index is 1.58. The molecule has 1 aromatic carbocycles. The Morgan fingerprint density at radius 2 is 2.11 bits per heavy atom. The van der Waals surface area contributed by atoms with Crippen molar-refractivity contribution < 1.29 is 4.74 Å². The van der Waals surface area contributed by atoms with Crippen LogP contribution in [0, 0.1) is 0 Å². The van der Waals surface area contributed by atoms with Crippen molar-refractivity contribution in [3.8, 4) is 0 Å². The first-order valence-electron chi connectivity index (χ1n) is 6.77.